The first-order chi connectivity index (χ1) is 20.2. The molecule has 0 radical (unpaired) electrons. The molecule has 3 rings (SSSR count). The van der Waals surface area contributed by atoms with E-state index in [-0.39, 0.29) is 30.2 Å². The number of halogens is 2. The number of benzene rings is 1. The minimum absolute atomic E-state index is 0.0424. The minimum Gasteiger partial charge on any atom is -0.468 e. The molecule has 2 aromatic rings. The van der Waals surface area contributed by atoms with Crippen molar-refractivity contribution < 1.29 is 46.5 Å². The van der Waals surface area contributed by atoms with Gasteiger partial charge in [0.1, 0.15) is 29.5 Å². The molecule has 2 heterocycles. The third-order valence-electron chi connectivity index (χ3n) is 6.38. The van der Waals surface area contributed by atoms with Crippen LogP contribution in [0.15, 0.2) is 47.4 Å². The monoisotopic (exact) mass is 646 g/mol. The lowest BCUT2D eigenvalue weighted by molar-refractivity contribution is -0.158. The van der Waals surface area contributed by atoms with Crippen molar-refractivity contribution in [2.24, 2.45) is 0 Å². The molecule has 1 fully saturated rings. The minimum atomic E-state index is -4.48. The van der Waals surface area contributed by atoms with E-state index in [9.17, 15) is 23.7 Å². The van der Waals surface area contributed by atoms with Crippen LogP contribution in [-0.2, 0) is 33.2 Å². The fourth-order valence-corrected chi connectivity index (χ4v) is 7.56. The van der Waals surface area contributed by atoms with Crippen molar-refractivity contribution in [3.63, 3.8) is 0 Å². The predicted octanol–water partition coefficient (Wildman–Crippen LogP) is 3.49. The zero-order chi connectivity index (χ0) is 31.9. The number of aromatic nitrogens is 2. The number of hydrogen-bond donors (Lipinski definition) is 2. The fraction of sp³-hybridized carbons (Fsp3) is 0.500. The average Bonchev–Trinajstić information content (AvgIpc) is 3.19. The Bertz CT molecular complexity index is 1410. The Morgan fingerprint density at radius 3 is 2.53 bits per heavy atom. The summed E-state index contributed by atoms with van der Waals surface area (Å²) >= 11 is 0.323. The molecule has 43 heavy (non-hydrogen) atoms. The van der Waals surface area contributed by atoms with Crippen LogP contribution >= 0.6 is 18.1 Å². The summed E-state index contributed by atoms with van der Waals surface area (Å²) in [6, 6.07) is 7.85. The van der Waals surface area contributed by atoms with Gasteiger partial charge in [0.05, 0.1) is 13.5 Å². The second kappa shape index (κ2) is 14.4. The fourth-order valence-electron chi connectivity index (χ4n) is 4.12. The third-order valence-corrected chi connectivity index (χ3v) is 10.4. The largest absolute Gasteiger partial charge is 0.468 e. The SMILES string of the molecule is COC(=O)C(C)NSP(=O)(Oc1ccccc1)C(F)C[C@H]1O[C@@H](n2ccc(N)nc2=O)[C@](C)(F)[C@@H]1OC(=O)CCC(C)=O. The molecular weight excluding hydrogens is 613 g/mol. The molecule has 236 valence electrons. The molecule has 3 unspecified atom stereocenters. The molecule has 0 amide bonds. The first-order valence-electron chi connectivity index (χ1n) is 13.1. The van der Waals surface area contributed by atoms with Gasteiger partial charge in [0, 0.05) is 30.6 Å². The van der Waals surface area contributed by atoms with Crippen LogP contribution in [0.1, 0.15) is 46.3 Å². The summed E-state index contributed by atoms with van der Waals surface area (Å²) in [5.41, 5.74) is 1.92. The molecule has 3 N–H and O–H groups in total. The van der Waals surface area contributed by atoms with Gasteiger partial charge in [0.2, 0.25) is 0 Å². The number of hydrogen-bond acceptors (Lipinski definition) is 13. The molecule has 1 saturated heterocycles. The number of nitrogen functional groups attached to an aromatic ring is 1. The molecule has 7 atom stereocenters. The zero-order valence-electron chi connectivity index (χ0n) is 23.8. The first-order valence-corrected chi connectivity index (χ1v) is 16.2. The lowest BCUT2D eigenvalue weighted by Crippen LogP contribution is -2.45. The van der Waals surface area contributed by atoms with E-state index in [0.717, 1.165) is 24.8 Å². The average molecular weight is 647 g/mol. The maximum atomic E-state index is 16.4. The van der Waals surface area contributed by atoms with Crippen LogP contribution in [0.4, 0.5) is 14.6 Å². The third kappa shape index (κ3) is 8.62. The highest BCUT2D eigenvalue weighted by atomic mass is 32.7. The Balaban J connectivity index is 1.95. The van der Waals surface area contributed by atoms with Crippen LogP contribution in [0.5, 0.6) is 5.75 Å². The van der Waals surface area contributed by atoms with Crippen molar-refractivity contribution in [3.05, 3.63) is 53.1 Å². The maximum absolute atomic E-state index is 16.4. The van der Waals surface area contributed by atoms with Gasteiger partial charge in [-0.3, -0.25) is 18.7 Å². The maximum Gasteiger partial charge on any atom is 0.351 e. The van der Waals surface area contributed by atoms with Crippen molar-refractivity contribution in [1.29, 1.82) is 0 Å². The van der Waals surface area contributed by atoms with Crippen molar-refractivity contribution >= 4 is 41.7 Å². The Labute approximate surface area is 250 Å². The molecule has 0 saturated carbocycles. The Morgan fingerprint density at radius 2 is 1.93 bits per heavy atom. The van der Waals surface area contributed by atoms with E-state index >= 15 is 8.78 Å². The number of ketones is 1. The molecule has 0 bridgehead atoms. The van der Waals surface area contributed by atoms with Crippen LogP contribution in [0.25, 0.3) is 0 Å². The van der Waals surface area contributed by atoms with Gasteiger partial charge in [-0.15, -0.1) is 0 Å². The molecule has 0 spiro atoms. The number of methoxy groups -OCH3 is 1. The van der Waals surface area contributed by atoms with Crippen molar-refractivity contribution in [2.75, 3.05) is 12.8 Å². The highest BCUT2D eigenvalue weighted by molar-refractivity contribution is 8.55. The van der Waals surface area contributed by atoms with Gasteiger partial charge in [0.15, 0.2) is 23.9 Å². The topological polar surface area (TPSA) is 178 Å². The van der Waals surface area contributed by atoms with Gasteiger partial charge in [-0.05, 0) is 39.0 Å². The normalized spacial score (nSPS) is 24.4. The summed E-state index contributed by atoms with van der Waals surface area (Å²) in [6.45, 7) is -0.833. The Morgan fingerprint density at radius 1 is 1.26 bits per heavy atom. The molecule has 1 aliphatic rings. The van der Waals surface area contributed by atoms with E-state index < -0.39 is 66.7 Å². The quantitative estimate of drug-likeness (QED) is 0.173. The van der Waals surface area contributed by atoms with E-state index in [1.54, 1.807) is 18.2 Å². The number of carbonyl (C=O) groups excluding carboxylic acids is 3. The van der Waals surface area contributed by atoms with Gasteiger partial charge in [-0.1, -0.05) is 18.2 Å². The van der Waals surface area contributed by atoms with E-state index in [0.29, 0.717) is 11.6 Å². The lowest BCUT2D eigenvalue weighted by atomic mass is 9.96. The number of anilines is 1. The van der Waals surface area contributed by atoms with Gasteiger partial charge in [-0.2, -0.15) is 4.98 Å². The van der Waals surface area contributed by atoms with E-state index in [4.69, 9.17) is 19.7 Å². The predicted molar refractivity (Wildman–Crippen MR) is 153 cm³/mol. The summed E-state index contributed by atoms with van der Waals surface area (Å²) in [5, 5.41) is 0. The first kappa shape index (κ1) is 34.2. The van der Waals surface area contributed by atoms with Crippen LogP contribution in [0, 0.1) is 0 Å². The summed E-state index contributed by atoms with van der Waals surface area (Å²) in [5.74, 6) is -4.48. The standard InChI is InChI=1S/C26H33F2N4O9PS/c1-15(33)10-11-21(34)40-22-18(39-24(26(22,3)28)32-13-12-20(29)30-25(32)36)14-19(27)42(37,41-17-8-6-5-7-9-17)43-31-16(2)23(35)38-4/h5-9,12-13,16,18-19,22,24,31H,10-11,14H2,1-4H3,(H2,29,30,36)/t16?,18-,19?,22-,24-,26-,42?/m1/s1. The molecule has 0 aliphatic carbocycles. The molecule has 13 nitrogen and oxygen atoms in total. The van der Waals surface area contributed by atoms with E-state index in [1.807, 2.05) is 0 Å². The number of nitrogens with two attached hydrogens (primary N) is 1. The van der Waals surface area contributed by atoms with Crippen LogP contribution in [0.2, 0.25) is 0 Å². The highest BCUT2D eigenvalue weighted by Gasteiger charge is 2.59. The van der Waals surface area contributed by atoms with Crippen LogP contribution in [-0.4, -0.2) is 64.2 Å². The molecule has 1 aromatic heterocycles. The zero-order valence-corrected chi connectivity index (χ0v) is 25.5. The number of nitrogens with zero attached hydrogens (tertiary/aromatic N) is 2. The number of esters is 2. The number of Topliss-reactive ketones (excluding diaryl/α,β-unsaturated/α-hetero) is 1. The van der Waals surface area contributed by atoms with Gasteiger partial charge in [0.25, 0.3) is 0 Å². The highest BCUT2D eigenvalue weighted by Crippen LogP contribution is 2.64. The van der Waals surface area contributed by atoms with Crippen LogP contribution in [0.3, 0.4) is 0 Å². The number of nitrogens with one attached hydrogen (secondary N) is 1. The van der Waals surface area contributed by atoms with Gasteiger partial charge >= 0.3 is 24.2 Å². The Kier molecular flexibility index (Phi) is 11.5. The smallest absolute Gasteiger partial charge is 0.351 e. The lowest BCUT2D eigenvalue weighted by Gasteiger charge is -2.29. The summed E-state index contributed by atoms with van der Waals surface area (Å²) in [6.07, 6.45) is -5.43. The van der Waals surface area contributed by atoms with Crippen LogP contribution < -0.4 is 20.7 Å². The van der Waals surface area contributed by atoms with E-state index in [1.165, 1.54) is 32.0 Å². The van der Waals surface area contributed by atoms with Gasteiger partial charge in [-0.25, -0.2) is 18.3 Å². The summed E-state index contributed by atoms with van der Waals surface area (Å²) in [7, 11) is 1.14. The molecular formula is C26H33F2N4O9PS. The molecule has 17 heteroatoms. The van der Waals surface area contributed by atoms with Crippen molar-refractivity contribution in [3.8, 4) is 5.75 Å². The second-order valence-electron chi connectivity index (χ2n) is 9.90. The van der Waals surface area contributed by atoms with Gasteiger partial charge < -0.3 is 29.3 Å². The summed E-state index contributed by atoms with van der Waals surface area (Å²) < 4.78 is 71.2. The number of ether oxygens (including phenoxy) is 3. The number of carbonyl (C=O) groups is 3. The Hall–Kier alpha value is -3.33. The number of alkyl halides is 2. The van der Waals surface area contributed by atoms with Crippen molar-refractivity contribution in [1.82, 2.24) is 14.3 Å². The number of rotatable bonds is 14. The molecule has 1 aliphatic heterocycles. The van der Waals surface area contributed by atoms with Crippen molar-refractivity contribution in [2.45, 2.75) is 76.1 Å². The van der Waals surface area contributed by atoms with E-state index in [2.05, 4.69) is 14.4 Å². The summed E-state index contributed by atoms with van der Waals surface area (Å²) in [4.78, 5) is 51.9. The second-order valence-corrected chi connectivity index (χ2v) is 14.2. The number of para-hydroxylation sites is 1. The molecule has 1 aromatic carbocycles.